The molecule has 0 radical (unpaired) electrons. The van der Waals surface area contributed by atoms with Gasteiger partial charge < -0.3 is 4.90 Å². The van der Waals surface area contributed by atoms with E-state index in [2.05, 4.69) is 30.2 Å². The molecule has 1 atom stereocenters. The van der Waals surface area contributed by atoms with Gasteiger partial charge in [0.15, 0.2) is 0 Å². The lowest BCUT2D eigenvalue weighted by Gasteiger charge is -2.32. The Morgan fingerprint density at radius 2 is 1.83 bits per heavy atom. The molecule has 1 saturated heterocycles. The molecule has 0 bridgehead atoms. The number of hydrogen-bond acceptors (Lipinski definition) is 6. The van der Waals surface area contributed by atoms with Gasteiger partial charge in [-0.2, -0.15) is 0 Å². The minimum Gasteiger partial charge on any atom is -0.356 e. The molecule has 7 heteroatoms. The zero-order valence-electron chi connectivity index (χ0n) is 16.7. The summed E-state index contributed by atoms with van der Waals surface area (Å²) in [4.78, 5) is 32.4. The minimum absolute atomic E-state index is 0.0444. The van der Waals surface area contributed by atoms with Crippen LogP contribution in [0.2, 0.25) is 0 Å². The SMILES string of the molecule is Cc1cc(C)nc(NC(=O)C2CCCN(c3cc(-c4ccccc4)ncn3)C2)n1. The number of benzene rings is 1. The van der Waals surface area contributed by atoms with Gasteiger partial charge >= 0.3 is 0 Å². The van der Waals surface area contributed by atoms with Crippen molar-refractivity contribution in [1.29, 1.82) is 0 Å². The summed E-state index contributed by atoms with van der Waals surface area (Å²) in [6.45, 7) is 5.27. The molecule has 1 aliphatic rings. The molecule has 1 aromatic carbocycles. The lowest BCUT2D eigenvalue weighted by molar-refractivity contribution is -0.120. The molecule has 29 heavy (non-hydrogen) atoms. The Morgan fingerprint density at radius 1 is 1.07 bits per heavy atom. The van der Waals surface area contributed by atoms with Gasteiger partial charge in [0.2, 0.25) is 11.9 Å². The minimum atomic E-state index is -0.136. The molecular formula is C22H24N6O. The van der Waals surface area contributed by atoms with Crippen molar-refractivity contribution >= 4 is 17.7 Å². The predicted octanol–water partition coefficient (Wildman–Crippen LogP) is 3.41. The molecule has 1 N–H and O–H groups in total. The quantitative estimate of drug-likeness (QED) is 0.737. The predicted molar refractivity (Wildman–Crippen MR) is 113 cm³/mol. The lowest BCUT2D eigenvalue weighted by atomic mass is 9.97. The Hall–Kier alpha value is -3.35. The monoisotopic (exact) mass is 388 g/mol. The van der Waals surface area contributed by atoms with E-state index in [1.165, 1.54) is 0 Å². The van der Waals surface area contributed by atoms with Gasteiger partial charge in [-0.05, 0) is 32.8 Å². The van der Waals surface area contributed by atoms with Crippen LogP contribution in [-0.4, -0.2) is 38.9 Å². The van der Waals surface area contributed by atoms with Gasteiger partial charge in [-0.1, -0.05) is 30.3 Å². The van der Waals surface area contributed by atoms with E-state index >= 15 is 0 Å². The molecule has 2 aromatic heterocycles. The topological polar surface area (TPSA) is 83.9 Å². The molecule has 3 heterocycles. The standard InChI is InChI=1S/C22H24N6O/c1-15-11-16(2)26-22(25-15)27-21(29)18-9-6-10-28(13-18)20-12-19(23-14-24-20)17-7-4-3-5-8-17/h3-5,7-8,11-12,14,18H,6,9-10,13H2,1-2H3,(H,25,26,27,29). The summed E-state index contributed by atoms with van der Waals surface area (Å²) in [5, 5.41) is 2.88. The van der Waals surface area contributed by atoms with Crippen molar-refractivity contribution < 1.29 is 4.79 Å². The highest BCUT2D eigenvalue weighted by molar-refractivity contribution is 5.91. The maximum Gasteiger partial charge on any atom is 0.231 e. The number of amides is 1. The lowest BCUT2D eigenvalue weighted by Crippen LogP contribution is -2.41. The molecule has 148 valence electrons. The highest BCUT2D eigenvalue weighted by atomic mass is 16.2. The molecule has 3 aromatic rings. The first kappa shape index (κ1) is 19.0. The summed E-state index contributed by atoms with van der Waals surface area (Å²) >= 11 is 0. The number of nitrogens with one attached hydrogen (secondary N) is 1. The van der Waals surface area contributed by atoms with Gasteiger partial charge in [0.1, 0.15) is 12.1 Å². The van der Waals surface area contributed by atoms with Crippen LogP contribution in [-0.2, 0) is 4.79 Å². The second-order valence-electron chi connectivity index (χ2n) is 7.38. The number of piperidine rings is 1. The first-order valence-electron chi connectivity index (χ1n) is 9.84. The van der Waals surface area contributed by atoms with E-state index in [0.29, 0.717) is 12.5 Å². The Morgan fingerprint density at radius 3 is 2.59 bits per heavy atom. The molecular weight excluding hydrogens is 364 g/mol. The Labute approximate surface area is 170 Å². The van der Waals surface area contributed by atoms with Crippen LogP contribution >= 0.6 is 0 Å². The van der Waals surface area contributed by atoms with Crippen molar-refractivity contribution in [3.8, 4) is 11.3 Å². The second-order valence-corrected chi connectivity index (χ2v) is 7.38. The van der Waals surface area contributed by atoms with Crippen LogP contribution in [0.15, 0.2) is 48.8 Å². The van der Waals surface area contributed by atoms with Crippen molar-refractivity contribution in [2.24, 2.45) is 5.92 Å². The fraction of sp³-hybridized carbons (Fsp3) is 0.318. The number of nitrogens with zero attached hydrogens (tertiary/aromatic N) is 5. The number of carbonyl (C=O) groups excluding carboxylic acids is 1. The van der Waals surface area contributed by atoms with Crippen molar-refractivity contribution in [2.75, 3.05) is 23.3 Å². The van der Waals surface area contributed by atoms with Crippen LogP contribution in [0.5, 0.6) is 0 Å². The summed E-state index contributed by atoms with van der Waals surface area (Å²) in [6, 6.07) is 13.9. The smallest absolute Gasteiger partial charge is 0.231 e. The summed E-state index contributed by atoms with van der Waals surface area (Å²) in [7, 11) is 0. The zero-order valence-corrected chi connectivity index (χ0v) is 16.7. The second kappa shape index (κ2) is 8.34. The molecule has 4 rings (SSSR count). The van der Waals surface area contributed by atoms with Gasteiger partial charge in [-0.15, -0.1) is 0 Å². The van der Waals surface area contributed by atoms with Crippen LogP contribution in [0.4, 0.5) is 11.8 Å². The summed E-state index contributed by atoms with van der Waals surface area (Å²) in [5.74, 6) is 1.04. The van der Waals surface area contributed by atoms with E-state index in [9.17, 15) is 4.79 Å². The fourth-order valence-corrected chi connectivity index (χ4v) is 3.68. The van der Waals surface area contributed by atoms with Crippen LogP contribution in [0.25, 0.3) is 11.3 Å². The number of rotatable bonds is 4. The van der Waals surface area contributed by atoms with E-state index in [-0.39, 0.29) is 11.8 Å². The maximum absolute atomic E-state index is 12.8. The van der Waals surface area contributed by atoms with Crippen LogP contribution in [0.3, 0.4) is 0 Å². The zero-order chi connectivity index (χ0) is 20.2. The molecule has 1 amide bonds. The first-order chi connectivity index (χ1) is 14.1. The average Bonchev–Trinajstić information content (AvgIpc) is 2.74. The van der Waals surface area contributed by atoms with E-state index in [1.807, 2.05) is 56.3 Å². The van der Waals surface area contributed by atoms with Crippen LogP contribution in [0, 0.1) is 19.8 Å². The molecule has 7 nitrogen and oxygen atoms in total. The normalized spacial score (nSPS) is 16.5. The van der Waals surface area contributed by atoms with Gasteiger partial charge in [-0.3, -0.25) is 10.1 Å². The highest BCUT2D eigenvalue weighted by Gasteiger charge is 2.27. The number of hydrogen-bond donors (Lipinski definition) is 1. The van der Waals surface area contributed by atoms with Gasteiger partial charge in [0, 0.05) is 36.1 Å². The fourth-order valence-electron chi connectivity index (χ4n) is 3.68. The Balaban J connectivity index is 1.47. The average molecular weight is 388 g/mol. The van der Waals surface area contributed by atoms with Gasteiger partial charge in [0.05, 0.1) is 11.6 Å². The Bertz CT molecular complexity index is 987. The maximum atomic E-state index is 12.8. The third kappa shape index (κ3) is 4.56. The summed E-state index contributed by atoms with van der Waals surface area (Å²) in [6.07, 6.45) is 3.35. The number of anilines is 2. The summed E-state index contributed by atoms with van der Waals surface area (Å²) < 4.78 is 0. The van der Waals surface area contributed by atoms with E-state index in [0.717, 1.165) is 47.8 Å². The van der Waals surface area contributed by atoms with Crippen molar-refractivity contribution in [3.05, 3.63) is 60.2 Å². The molecule has 1 unspecified atom stereocenters. The van der Waals surface area contributed by atoms with Gasteiger partial charge in [-0.25, -0.2) is 19.9 Å². The van der Waals surface area contributed by atoms with Crippen molar-refractivity contribution in [2.45, 2.75) is 26.7 Å². The first-order valence-corrected chi connectivity index (χ1v) is 9.84. The molecule has 1 aliphatic heterocycles. The van der Waals surface area contributed by atoms with Crippen LogP contribution < -0.4 is 10.2 Å². The number of carbonyl (C=O) groups is 1. The molecule has 0 aliphatic carbocycles. The molecule has 1 fully saturated rings. The summed E-state index contributed by atoms with van der Waals surface area (Å²) in [5.41, 5.74) is 3.61. The molecule has 0 saturated carbocycles. The molecule has 0 spiro atoms. The third-order valence-corrected chi connectivity index (χ3v) is 5.06. The van der Waals surface area contributed by atoms with Crippen molar-refractivity contribution in [3.63, 3.8) is 0 Å². The van der Waals surface area contributed by atoms with E-state index < -0.39 is 0 Å². The van der Waals surface area contributed by atoms with Crippen LogP contribution in [0.1, 0.15) is 24.2 Å². The van der Waals surface area contributed by atoms with E-state index in [4.69, 9.17) is 0 Å². The van der Waals surface area contributed by atoms with E-state index in [1.54, 1.807) is 6.33 Å². The van der Waals surface area contributed by atoms with Gasteiger partial charge in [0.25, 0.3) is 0 Å². The highest BCUT2D eigenvalue weighted by Crippen LogP contribution is 2.25. The number of aryl methyl sites for hydroxylation is 2. The third-order valence-electron chi connectivity index (χ3n) is 5.06. The largest absolute Gasteiger partial charge is 0.356 e. The number of aromatic nitrogens is 4. The Kier molecular flexibility index (Phi) is 5.46. The van der Waals surface area contributed by atoms with Crippen molar-refractivity contribution in [1.82, 2.24) is 19.9 Å².